The van der Waals surface area contributed by atoms with E-state index in [-0.39, 0.29) is 18.0 Å². The molecule has 10 heteroatoms. The summed E-state index contributed by atoms with van der Waals surface area (Å²) in [5.41, 5.74) is 15.4. The van der Waals surface area contributed by atoms with Gasteiger partial charge in [0.2, 0.25) is 5.91 Å². The number of halogens is 1. The molecule has 6 atom stereocenters. The van der Waals surface area contributed by atoms with Gasteiger partial charge in [-0.15, -0.1) is 0 Å². The van der Waals surface area contributed by atoms with Crippen LogP contribution in [0.4, 0.5) is 0 Å². The van der Waals surface area contributed by atoms with E-state index in [9.17, 15) is 4.79 Å². The number of hydrogen-bond donors (Lipinski definition) is 4. The molecule has 0 spiro atoms. The fourth-order valence-electron chi connectivity index (χ4n) is 7.99. The summed E-state index contributed by atoms with van der Waals surface area (Å²) in [6.45, 7) is 10.9. The Morgan fingerprint density at radius 2 is 1.95 bits per heavy atom. The fraction of sp³-hybridized carbons (Fsp3) is 0.815. The van der Waals surface area contributed by atoms with Crippen LogP contribution in [0.15, 0.2) is 22.5 Å². The van der Waals surface area contributed by atoms with E-state index >= 15 is 0 Å². The Morgan fingerprint density at radius 3 is 2.65 bits per heavy atom. The van der Waals surface area contributed by atoms with Crippen molar-refractivity contribution in [1.29, 1.82) is 0 Å². The highest BCUT2D eigenvalue weighted by Crippen LogP contribution is 2.60. The molecule has 9 nitrogen and oxygen atoms in total. The van der Waals surface area contributed by atoms with Gasteiger partial charge in [0.25, 0.3) is 0 Å². The van der Waals surface area contributed by atoms with Crippen molar-refractivity contribution in [2.24, 2.45) is 23.3 Å². The lowest BCUT2D eigenvalue weighted by atomic mass is 9.90. The SMILES string of the molecule is CC1C(Cl)=CCCC2CCC[N+]13C2=C3C(C(=O)NC1CNCCC1N1CCN(C2COC2)CC1)C(N)N. The molecule has 6 unspecified atom stereocenters. The molecular formula is C27H45ClN7O2+. The third kappa shape index (κ3) is 4.59. The van der Waals surface area contributed by atoms with Gasteiger partial charge in [-0.2, -0.15) is 0 Å². The summed E-state index contributed by atoms with van der Waals surface area (Å²) >= 11 is 6.77. The van der Waals surface area contributed by atoms with Gasteiger partial charge in [-0.1, -0.05) is 17.7 Å². The first kappa shape index (κ1) is 26.2. The molecule has 0 aromatic carbocycles. The minimum absolute atomic E-state index is 0.0151. The van der Waals surface area contributed by atoms with E-state index < -0.39 is 12.1 Å². The second-order valence-electron chi connectivity index (χ2n) is 12.0. The van der Waals surface area contributed by atoms with Gasteiger partial charge in [0.05, 0.1) is 43.0 Å². The number of carbonyl (C=O) groups is 1. The number of hydrogen-bond acceptors (Lipinski definition) is 7. The summed E-state index contributed by atoms with van der Waals surface area (Å²) in [4.78, 5) is 19.1. The van der Waals surface area contributed by atoms with Crippen LogP contribution in [0.25, 0.3) is 0 Å². The van der Waals surface area contributed by atoms with Crippen LogP contribution in [0.2, 0.25) is 0 Å². The minimum atomic E-state index is -0.734. The lowest BCUT2D eigenvalue weighted by Crippen LogP contribution is -2.65. The lowest BCUT2D eigenvalue weighted by molar-refractivity contribution is -0.816. The summed E-state index contributed by atoms with van der Waals surface area (Å²) in [7, 11) is 0. The highest BCUT2D eigenvalue weighted by molar-refractivity contribution is 6.30. The molecule has 0 radical (unpaired) electrons. The predicted molar refractivity (Wildman–Crippen MR) is 144 cm³/mol. The molecule has 2 bridgehead atoms. The van der Waals surface area contributed by atoms with E-state index in [1.54, 1.807) is 0 Å². The average molecular weight is 535 g/mol. The maximum Gasteiger partial charge on any atom is 0.236 e. The molecule has 1 amide bonds. The lowest BCUT2D eigenvalue weighted by Gasteiger charge is -2.47. The second kappa shape index (κ2) is 10.5. The molecule has 4 saturated heterocycles. The Hall–Kier alpha value is -1.04. The summed E-state index contributed by atoms with van der Waals surface area (Å²) in [6, 6.07) is 1.09. The Kier molecular flexibility index (Phi) is 7.44. The zero-order chi connectivity index (χ0) is 25.7. The van der Waals surface area contributed by atoms with Crippen LogP contribution in [-0.2, 0) is 9.53 Å². The fourth-order valence-corrected chi connectivity index (χ4v) is 8.26. The number of allylic oxidation sites excluding steroid dienone is 2. The van der Waals surface area contributed by atoms with Crippen molar-refractivity contribution in [3.63, 3.8) is 0 Å². The Labute approximate surface area is 226 Å². The molecule has 6 rings (SSSR count). The molecule has 206 valence electrons. The van der Waals surface area contributed by atoms with Crippen molar-refractivity contribution < 1.29 is 14.0 Å². The number of nitrogens with two attached hydrogens (primary N) is 2. The Morgan fingerprint density at radius 1 is 1.19 bits per heavy atom. The highest BCUT2D eigenvalue weighted by Gasteiger charge is 2.68. The molecule has 0 aromatic rings. The summed E-state index contributed by atoms with van der Waals surface area (Å²) in [6.07, 6.45) is 6.89. The minimum Gasteiger partial charge on any atom is -0.378 e. The van der Waals surface area contributed by atoms with E-state index in [4.69, 9.17) is 27.8 Å². The first-order chi connectivity index (χ1) is 17.9. The van der Waals surface area contributed by atoms with Crippen LogP contribution in [0.3, 0.4) is 0 Å². The number of piperazine rings is 1. The maximum atomic E-state index is 14.0. The van der Waals surface area contributed by atoms with Crippen LogP contribution < -0.4 is 22.1 Å². The number of amides is 1. The predicted octanol–water partition coefficient (Wildman–Crippen LogP) is 0.466. The van der Waals surface area contributed by atoms with Gasteiger partial charge in [-0.25, -0.2) is 4.48 Å². The summed E-state index contributed by atoms with van der Waals surface area (Å²) in [5.74, 6) is -0.0277. The zero-order valence-electron chi connectivity index (χ0n) is 22.2. The molecular weight excluding hydrogens is 490 g/mol. The molecule has 0 aliphatic carbocycles. The van der Waals surface area contributed by atoms with Crippen molar-refractivity contribution in [3.05, 3.63) is 22.5 Å². The van der Waals surface area contributed by atoms with Crippen LogP contribution in [-0.4, -0.2) is 110 Å². The quantitative estimate of drug-likeness (QED) is 0.290. The van der Waals surface area contributed by atoms with Gasteiger partial charge in [0.15, 0.2) is 11.4 Å². The highest BCUT2D eigenvalue weighted by atomic mass is 35.5. The maximum absolute atomic E-state index is 14.0. The first-order valence-electron chi connectivity index (χ1n) is 14.5. The van der Waals surface area contributed by atoms with Gasteiger partial charge in [-0.05, 0) is 45.6 Å². The standard InChI is InChI=1S/C27H44ClN7O2/c1-17-20(28)6-2-4-18-5-3-13-35(17)24(18)25(35)23(26(29)30)27(36)32-21-14-31-8-7-22(21)34-11-9-33(10-12-34)19-15-37-16-19/h6,17-19,21-23,26,31H,2-5,7-16,29-30H2,1H3/p+1. The number of piperidine rings is 2. The van der Waals surface area contributed by atoms with Gasteiger partial charge in [-0.3, -0.25) is 14.6 Å². The first-order valence-corrected chi connectivity index (χ1v) is 14.9. The average Bonchev–Trinajstić information content (AvgIpc) is 3.52. The van der Waals surface area contributed by atoms with Gasteiger partial charge in [0, 0.05) is 44.7 Å². The normalized spacial score (nSPS) is 38.2. The van der Waals surface area contributed by atoms with E-state index in [1.807, 2.05) is 0 Å². The third-order valence-electron chi connectivity index (χ3n) is 10.1. The third-order valence-corrected chi connectivity index (χ3v) is 10.6. The molecule has 6 aliphatic rings. The molecule has 0 aromatic heterocycles. The van der Waals surface area contributed by atoms with Crippen LogP contribution in [0, 0.1) is 11.8 Å². The molecule has 37 heavy (non-hydrogen) atoms. The number of rotatable bonds is 6. The number of carbonyl (C=O) groups excluding carboxylic acids is 1. The van der Waals surface area contributed by atoms with E-state index in [1.165, 1.54) is 12.1 Å². The molecule has 0 saturated carbocycles. The number of nitrogens with one attached hydrogen (secondary N) is 2. The van der Waals surface area contributed by atoms with E-state index in [2.05, 4.69) is 33.4 Å². The Bertz CT molecular complexity index is 945. The molecule has 6 aliphatic heterocycles. The molecule has 6 heterocycles. The monoisotopic (exact) mass is 534 g/mol. The zero-order valence-corrected chi connectivity index (χ0v) is 23.0. The molecule has 4 fully saturated rings. The van der Waals surface area contributed by atoms with E-state index in [0.717, 1.165) is 99.9 Å². The van der Waals surface area contributed by atoms with Crippen molar-refractivity contribution in [3.8, 4) is 0 Å². The van der Waals surface area contributed by atoms with Crippen molar-refractivity contribution in [2.45, 2.75) is 69.4 Å². The van der Waals surface area contributed by atoms with Crippen molar-refractivity contribution >= 4 is 17.5 Å². The van der Waals surface area contributed by atoms with Crippen LogP contribution >= 0.6 is 11.6 Å². The van der Waals surface area contributed by atoms with Gasteiger partial charge < -0.3 is 26.8 Å². The number of nitrogens with zero attached hydrogens (tertiary/aromatic N) is 3. The smallest absolute Gasteiger partial charge is 0.236 e. The summed E-state index contributed by atoms with van der Waals surface area (Å²) in [5, 5.41) is 7.86. The summed E-state index contributed by atoms with van der Waals surface area (Å²) < 4.78 is 6.14. The number of ether oxygens (including phenoxy) is 1. The Balaban J connectivity index is 1.18. The largest absolute Gasteiger partial charge is 0.378 e. The second-order valence-corrected chi connectivity index (χ2v) is 12.5. The molecule has 6 N–H and O–H groups in total. The van der Waals surface area contributed by atoms with Gasteiger partial charge in [0.1, 0.15) is 12.0 Å². The van der Waals surface area contributed by atoms with Crippen molar-refractivity contribution in [1.82, 2.24) is 20.4 Å². The van der Waals surface area contributed by atoms with Crippen LogP contribution in [0.5, 0.6) is 0 Å². The number of quaternary nitrogens is 1. The van der Waals surface area contributed by atoms with E-state index in [0.29, 0.717) is 18.0 Å². The van der Waals surface area contributed by atoms with Crippen LogP contribution in [0.1, 0.15) is 39.0 Å². The van der Waals surface area contributed by atoms with Gasteiger partial charge >= 0.3 is 0 Å². The topological polar surface area (TPSA) is 109 Å². The van der Waals surface area contributed by atoms with Crippen molar-refractivity contribution in [2.75, 3.05) is 59.0 Å².